The molecule has 0 fully saturated rings. The number of benzene rings is 1. The number of hydrogen-bond donors (Lipinski definition) is 1. The van der Waals surface area contributed by atoms with Crippen LogP contribution in [0, 0.1) is 0 Å². The Balaban J connectivity index is 2.14. The van der Waals surface area contributed by atoms with Crippen LogP contribution in [-0.4, -0.2) is 23.9 Å². The summed E-state index contributed by atoms with van der Waals surface area (Å²) in [7, 11) is 1.65. The molecule has 0 aliphatic carbocycles. The second-order valence-electron chi connectivity index (χ2n) is 5.93. The van der Waals surface area contributed by atoms with Gasteiger partial charge < -0.3 is 15.2 Å². The van der Waals surface area contributed by atoms with Gasteiger partial charge in [-0.2, -0.15) is 0 Å². The number of pyridine rings is 1. The van der Waals surface area contributed by atoms with Gasteiger partial charge in [0.15, 0.2) is 6.23 Å². The van der Waals surface area contributed by atoms with Crippen molar-refractivity contribution in [1.82, 2.24) is 4.57 Å². The van der Waals surface area contributed by atoms with Crippen molar-refractivity contribution in [1.29, 1.82) is 0 Å². The van der Waals surface area contributed by atoms with E-state index in [-0.39, 0.29) is 5.56 Å². The molecule has 2 unspecified atom stereocenters. The summed E-state index contributed by atoms with van der Waals surface area (Å²) < 4.78 is 13.1. The first-order valence-corrected chi connectivity index (χ1v) is 7.25. The first-order valence-electron chi connectivity index (χ1n) is 7.25. The Kier molecular flexibility index (Phi) is 3.76. The smallest absolute Gasteiger partial charge is 0.252 e. The van der Waals surface area contributed by atoms with Gasteiger partial charge in [-0.25, -0.2) is 0 Å². The average Bonchev–Trinajstić information content (AvgIpc) is 2.48. The predicted octanol–water partition coefficient (Wildman–Crippen LogP) is 1.96. The Morgan fingerprint density at radius 3 is 2.95 bits per heavy atom. The molecule has 0 saturated heterocycles. The lowest BCUT2D eigenvalue weighted by atomic mass is 9.89. The van der Waals surface area contributed by atoms with Gasteiger partial charge in [0.1, 0.15) is 0 Å². The number of nitrogen functional groups attached to an aromatic ring is 1. The van der Waals surface area contributed by atoms with Crippen LogP contribution in [0.5, 0.6) is 0 Å². The molecule has 2 aromatic rings. The summed E-state index contributed by atoms with van der Waals surface area (Å²) in [6.45, 7) is 2.45. The van der Waals surface area contributed by atoms with Gasteiger partial charge in [-0.1, -0.05) is 12.1 Å². The fourth-order valence-corrected chi connectivity index (χ4v) is 3.01. The quantitative estimate of drug-likeness (QED) is 0.880. The van der Waals surface area contributed by atoms with Gasteiger partial charge in [-0.15, -0.1) is 0 Å². The summed E-state index contributed by atoms with van der Waals surface area (Å²) in [5.74, 6) is 0. The molecular formula is C17H20N2O3. The van der Waals surface area contributed by atoms with Gasteiger partial charge in [-0.3, -0.25) is 9.36 Å². The fourth-order valence-electron chi connectivity index (χ4n) is 3.01. The molecule has 1 aromatic carbocycles. The highest BCUT2D eigenvalue weighted by Crippen LogP contribution is 2.37. The Morgan fingerprint density at radius 2 is 2.23 bits per heavy atom. The van der Waals surface area contributed by atoms with Crippen LogP contribution in [0.3, 0.4) is 0 Å². The van der Waals surface area contributed by atoms with E-state index in [1.54, 1.807) is 23.9 Å². The molecule has 3 rings (SSSR count). The minimum Gasteiger partial charge on any atom is -0.399 e. The van der Waals surface area contributed by atoms with Crippen molar-refractivity contribution in [3.05, 3.63) is 64.1 Å². The molecule has 22 heavy (non-hydrogen) atoms. The van der Waals surface area contributed by atoms with E-state index < -0.39 is 11.8 Å². The molecule has 116 valence electrons. The third kappa shape index (κ3) is 2.65. The van der Waals surface area contributed by atoms with Crippen molar-refractivity contribution in [2.75, 3.05) is 19.5 Å². The largest absolute Gasteiger partial charge is 0.399 e. The lowest BCUT2D eigenvalue weighted by Crippen LogP contribution is -2.44. The van der Waals surface area contributed by atoms with Gasteiger partial charge in [0.25, 0.3) is 5.56 Å². The first-order chi connectivity index (χ1) is 10.5. The molecule has 0 amide bonds. The molecular weight excluding hydrogens is 280 g/mol. The SMILES string of the molecule is COCC1(C)Cc2ccc(N)cc2C(n2ccccc2=O)O1. The molecule has 2 N–H and O–H groups in total. The van der Waals surface area contributed by atoms with E-state index in [4.69, 9.17) is 15.2 Å². The second kappa shape index (κ2) is 5.59. The fraction of sp³-hybridized carbons (Fsp3) is 0.353. The van der Waals surface area contributed by atoms with Crippen molar-refractivity contribution >= 4 is 5.69 Å². The summed E-state index contributed by atoms with van der Waals surface area (Å²) >= 11 is 0. The highest BCUT2D eigenvalue weighted by Gasteiger charge is 2.37. The molecule has 2 heterocycles. The van der Waals surface area contributed by atoms with Crippen molar-refractivity contribution in [2.24, 2.45) is 0 Å². The number of hydrogen-bond acceptors (Lipinski definition) is 4. The first kappa shape index (κ1) is 14.8. The standard InChI is InChI=1S/C17H20N2O3/c1-17(11-21-2)10-12-6-7-13(18)9-14(12)16(22-17)19-8-4-3-5-15(19)20/h3-9,16H,10-11,18H2,1-2H3. The highest BCUT2D eigenvalue weighted by atomic mass is 16.6. The summed E-state index contributed by atoms with van der Waals surface area (Å²) in [4.78, 5) is 12.2. The van der Waals surface area contributed by atoms with E-state index >= 15 is 0 Å². The van der Waals surface area contributed by atoms with Gasteiger partial charge in [0.05, 0.1) is 12.2 Å². The van der Waals surface area contributed by atoms with Gasteiger partial charge in [0.2, 0.25) is 0 Å². The summed E-state index contributed by atoms with van der Waals surface area (Å²) in [6, 6.07) is 10.8. The lowest BCUT2D eigenvalue weighted by Gasteiger charge is -2.40. The van der Waals surface area contributed by atoms with Crippen molar-refractivity contribution < 1.29 is 9.47 Å². The average molecular weight is 300 g/mol. The molecule has 1 aliphatic heterocycles. The number of aromatic nitrogens is 1. The summed E-state index contributed by atoms with van der Waals surface area (Å²) in [5, 5.41) is 0. The van der Waals surface area contributed by atoms with E-state index in [9.17, 15) is 4.79 Å². The molecule has 0 bridgehead atoms. The lowest BCUT2D eigenvalue weighted by molar-refractivity contribution is -0.138. The number of ether oxygens (including phenoxy) is 2. The van der Waals surface area contributed by atoms with Gasteiger partial charge in [-0.05, 0) is 30.7 Å². The van der Waals surface area contributed by atoms with Crippen molar-refractivity contribution in [2.45, 2.75) is 25.2 Å². The van der Waals surface area contributed by atoms with Crippen LogP contribution in [0.15, 0.2) is 47.4 Å². The van der Waals surface area contributed by atoms with Crippen molar-refractivity contribution in [3.63, 3.8) is 0 Å². The normalized spacial score (nSPS) is 24.0. The van der Waals surface area contributed by atoms with Crippen LogP contribution in [-0.2, 0) is 15.9 Å². The van der Waals surface area contributed by atoms with E-state index in [1.165, 1.54) is 6.07 Å². The van der Waals surface area contributed by atoms with E-state index in [0.29, 0.717) is 18.7 Å². The Labute approximate surface area is 129 Å². The maximum Gasteiger partial charge on any atom is 0.252 e. The third-order valence-corrected chi connectivity index (χ3v) is 3.95. The molecule has 0 radical (unpaired) electrons. The van der Waals surface area contributed by atoms with Crippen LogP contribution in [0.2, 0.25) is 0 Å². The highest BCUT2D eigenvalue weighted by molar-refractivity contribution is 5.47. The predicted molar refractivity (Wildman–Crippen MR) is 84.8 cm³/mol. The van der Waals surface area contributed by atoms with Crippen LogP contribution >= 0.6 is 0 Å². The maximum absolute atomic E-state index is 12.2. The number of methoxy groups -OCH3 is 1. The summed E-state index contributed by atoms with van der Waals surface area (Å²) in [6.07, 6.45) is 1.95. The molecule has 5 nitrogen and oxygen atoms in total. The Hall–Kier alpha value is -2.11. The number of rotatable bonds is 3. The zero-order valence-corrected chi connectivity index (χ0v) is 12.8. The molecule has 0 saturated carbocycles. The van der Waals surface area contributed by atoms with Crippen LogP contribution in [0.25, 0.3) is 0 Å². The summed E-state index contributed by atoms with van der Waals surface area (Å²) in [5.41, 5.74) is 8.04. The molecule has 0 spiro atoms. The van der Waals surface area contributed by atoms with Crippen molar-refractivity contribution in [3.8, 4) is 0 Å². The molecule has 1 aromatic heterocycles. The molecule has 5 heteroatoms. The van der Waals surface area contributed by atoms with Crippen LogP contribution < -0.4 is 11.3 Å². The van der Waals surface area contributed by atoms with E-state index in [1.807, 2.05) is 31.2 Å². The number of nitrogens with zero attached hydrogens (tertiary/aromatic N) is 1. The monoisotopic (exact) mass is 300 g/mol. The Morgan fingerprint density at radius 1 is 1.41 bits per heavy atom. The van der Waals surface area contributed by atoms with Gasteiger partial charge >= 0.3 is 0 Å². The van der Waals surface area contributed by atoms with Gasteiger partial charge in [0, 0.05) is 37.0 Å². The molecule has 1 aliphatic rings. The Bertz CT molecular complexity index is 741. The second-order valence-corrected chi connectivity index (χ2v) is 5.93. The number of nitrogens with two attached hydrogens (primary N) is 1. The number of fused-ring (bicyclic) bond motifs is 1. The van der Waals surface area contributed by atoms with Crippen LogP contribution in [0.1, 0.15) is 24.3 Å². The maximum atomic E-state index is 12.2. The van der Waals surface area contributed by atoms with Crippen LogP contribution in [0.4, 0.5) is 5.69 Å². The number of anilines is 1. The third-order valence-electron chi connectivity index (χ3n) is 3.95. The minimum atomic E-state index is -0.499. The molecule has 2 atom stereocenters. The zero-order valence-electron chi connectivity index (χ0n) is 12.8. The zero-order chi connectivity index (χ0) is 15.7. The van der Waals surface area contributed by atoms with E-state index in [2.05, 4.69) is 0 Å². The minimum absolute atomic E-state index is 0.109. The topological polar surface area (TPSA) is 66.5 Å². The van der Waals surface area contributed by atoms with E-state index in [0.717, 1.165) is 11.1 Å².